The van der Waals surface area contributed by atoms with Crippen molar-refractivity contribution in [1.82, 2.24) is 0 Å². The fourth-order valence-electron chi connectivity index (χ4n) is 7.81. The van der Waals surface area contributed by atoms with Crippen molar-refractivity contribution in [2.45, 2.75) is 12.8 Å². The highest BCUT2D eigenvalue weighted by Crippen LogP contribution is 2.51. The standard InChI is InChI=1S/C48H34/c1-4-17-33(18-5-1)37-26-12-13-27-41(37)47-43-31-15-29-40(36-21-8-3-9-22-36)46(43)48(42-30-14-24-34-23-10-11-25-38(34)42)44-32-16-28-39(45(44)47)35-19-6-2-7-20-35/h2-4,6-32H,1,5H2. The third-order valence-electron chi connectivity index (χ3n) is 9.90. The number of allylic oxidation sites excluding steroid dienone is 4. The highest BCUT2D eigenvalue weighted by molar-refractivity contribution is 6.29. The summed E-state index contributed by atoms with van der Waals surface area (Å²) in [5, 5.41) is 7.62. The fraction of sp³-hybridized carbons (Fsp3) is 0.0417. The largest absolute Gasteiger partial charge is 0.0836 e. The number of benzene rings is 8. The van der Waals surface area contributed by atoms with E-state index in [4.69, 9.17) is 0 Å². The second kappa shape index (κ2) is 12.0. The molecule has 0 spiro atoms. The number of rotatable bonds is 5. The average molecular weight is 611 g/mol. The predicted molar refractivity (Wildman–Crippen MR) is 207 cm³/mol. The van der Waals surface area contributed by atoms with Gasteiger partial charge in [0, 0.05) is 0 Å². The quantitative estimate of drug-likeness (QED) is 0.170. The molecular formula is C48H34. The molecule has 0 aliphatic heterocycles. The van der Waals surface area contributed by atoms with Gasteiger partial charge in [-0.3, -0.25) is 0 Å². The first-order chi connectivity index (χ1) is 23.9. The highest BCUT2D eigenvalue weighted by Gasteiger charge is 2.24. The van der Waals surface area contributed by atoms with Crippen LogP contribution in [0.4, 0.5) is 0 Å². The molecule has 0 radical (unpaired) electrons. The van der Waals surface area contributed by atoms with Gasteiger partial charge in [-0.25, -0.2) is 0 Å². The molecule has 0 saturated heterocycles. The van der Waals surface area contributed by atoms with E-state index >= 15 is 0 Å². The van der Waals surface area contributed by atoms with Crippen LogP contribution in [0.1, 0.15) is 18.4 Å². The Morgan fingerprint density at radius 2 is 0.812 bits per heavy atom. The highest BCUT2D eigenvalue weighted by atomic mass is 14.3. The molecule has 8 aromatic rings. The zero-order valence-corrected chi connectivity index (χ0v) is 26.7. The van der Waals surface area contributed by atoms with E-state index in [9.17, 15) is 0 Å². The van der Waals surface area contributed by atoms with Crippen molar-refractivity contribution >= 4 is 37.9 Å². The van der Waals surface area contributed by atoms with Crippen LogP contribution in [0.5, 0.6) is 0 Å². The molecule has 0 amide bonds. The first kappa shape index (κ1) is 28.3. The maximum absolute atomic E-state index is 2.40. The van der Waals surface area contributed by atoms with Gasteiger partial charge in [-0.05, 0) is 101 Å². The first-order valence-corrected chi connectivity index (χ1v) is 16.9. The van der Waals surface area contributed by atoms with Crippen LogP contribution in [0, 0.1) is 0 Å². The van der Waals surface area contributed by atoms with E-state index in [1.165, 1.54) is 88.0 Å². The summed E-state index contributed by atoms with van der Waals surface area (Å²) in [6, 6.07) is 60.2. The first-order valence-electron chi connectivity index (χ1n) is 16.9. The van der Waals surface area contributed by atoms with Gasteiger partial charge in [0.2, 0.25) is 0 Å². The summed E-state index contributed by atoms with van der Waals surface area (Å²) in [6.07, 6.45) is 9.19. The Kier molecular flexibility index (Phi) is 7.06. The Morgan fingerprint density at radius 1 is 0.333 bits per heavy atom. The van der Waals surface area contributed by atoms with Crippen molar-refractivity contribution in [2.24, 2.45) is 0 Å². The molecule has 0 heteroatoms. The Morgan fingerprint density at radius 3 is 1.46 bits per heavy atom. The Labute approximate surface area is 282 Å². The van der Waals surface area contributed by atoms with Crippen LogP contribution in [0.25, 0.3) is 82.4 Å². The zero-order valence-electron chi connectivity index (χ0n) is 26.7. The minimum absolute atomic E-state index is 1.06. The molecule has 48 heavy (non-hydrogen) atoms. The molecule has 8 aromatic carbocycles. The molecule has 0 heterocycles. The van der Waals surface area contributed by atoms with Crippen molar-refractivity contribution in [3.8, 4) is 44.5 Å². The van der Waals surface area contributed by atoms with E-state index in [2.05, 4.69) is 182 Å². The topological polar surface area (TPSA) is 0 Å². The van der Waals surface area contributed by atoms with Crippen LogP contribution in [0.15, 0.2) is 182 Å². The van der Waals surface area contributed by atoms with Gasteiger partial charge in [0.15, 0.2) is 0 Å². The smallest absolute Gasteiger partial charge is 0.00137 e. The zero-order chi connectivity index (χ0) is 31.9. The molecule has 0 N–H and O–H groups in total. The lowest BCUT2D eigenvalue weighted by molar-refractivity contribution is 1.04. The van der Waals surface area contributed by atoms with Crippen LogP contribution in [-0.4, -0.2) is 0 Å². The van der Waals surface area contributed by atoms with Gasteiger partial charge in [-0.15, -0.1) is 0 Å². The van der Waals surface area contributed by atoms with Gasteiger partial charge in [0.05, 0.1) is 0 Å². The molecule has 9 rings (SSSR count). The molecule has 0 unspecified atom stereocenters. The minimum Gasteiger partial charge on any atom is -0.0836 e. The summed E-state index contributed by atoms with van der Waals surface area (Å²) in [4.78, 5) is 0. The van der Waals surface area contributed by atoms with Crippen LogP contribution < -0.4 is 0 Å². The van der Waals surface area contributed by atoms with Gasteiger partial charge < -0.3 is 0 Å². The number of hydrogen-bond donors (Lipinski definition) is 0. The summed E-state index contributed by atoms with van der Waals surface area (Å²) in [6.45, 7) is 0. The second-order valence-corrected chi connectivity index (χ2v) is 12.6. The predicted octanol–water partition coefficient (Wildman–Crippen LogP) is 13.5. The van der Waals surface area contributed by atoms with E-state index < -0.39 is 0 Å². The van der Waals surface area contributed by atoms with E-state index in [0.717, 1.165) is 12.8 Å². The molecule has 226 valence electrons. The maximum Gasteiger partial charge on any atom is -0.00137 e. The maximum atomic E-state index is 2.40. The minimum atomic E-state index is 1.06. The summed E-state index contributed by atoms with van der Waals surface area (Å²) < 4.78 is 0. The average Bonchev–Trinajstić information content (AvgIpc) is 3.17. The van der Waals surface area contributed by atoms with Gasteiger partial charge in [-0.2, -0.15) is 0 Å². The molecule has 0 nitrogen and oxygen atoms in total. The van der Waals surface area contributed by atoms with Crippen molar-refractivity contribution in [1.29, 1.82) is 0 Å². The third kappa shape index (κ3) is 4.69. The molecule has 0 fully saturated rings. The number of fused-ring (bicyclic) bond motifs is 3. The lowest BCUT2D eigenvalue weighted by atomic mass is 9.79. The normalized spacial score (nSPS) is 12.9. The van der Waals surface area contributed by atoms with Crippen LogP contribution in [0.2, 0.25) is 0 Å². The van der Waals surface area contributed by atoms with Crippen molar-refractivity contribution in [2.75, 3.05) is 0 Å². The molecule has 1 aliphatic rings. The summed E-state index contributed by atoms with van der Waals surface area (Å²) >= 11 is 0. The summed E-state index contributed by atoms with van der Waals surface area (Å²) in [5.74, 6) is 0. The Hall–Kier alpha value is -5.98. The van der Waals surface area contributed by atoms with Crippen molar-refractivity contribution in [3.63, 3.8) is 0 Å². The lowest BCUT2D eigenvalue weighted by Gasteiger charge is -2.24. The van der Waals surface area contributed by atoms with Crippen molar-refractivity contribution < 1.29 is 0 Å². The van der Waals surface area contributed by atoms with E-state index in [1.807, 2.05) is 0 Å². The van der Waals surface area contributed by atoms with Gasteiger partial charge >= 0.3 is 0 Å². The molecule has 0 bridgehead atoms. The van der Waals surface area contributed by atoms with E-state index in [1.54, 1.807) is 0 Å². The third-order valence-corrected chi connectivity index (χ3v) is 9.90. The Balaban J connectivity index is 1.55. The van der Waals surface area contributed by atoms with Crippen LogP contribution >= 0.6 is 0 Å². The van der Waals surface area contributed by atoms with E-state index in [0.29, 0.717) is 0 Å². The van der Waals surface area contributed by atoms with Gasteiger partial charge in [-0.1, -0.05) is 182 Å². The van der Waals surface area contributed by atoms with Crippen LogP contribution in [-0.2, 0) is 0 Å². The fourth-order valence-corrected chi connectivity index (χ4v) is 7.81. The molecule has 0 atom stereocenters. The molecule has 0 aromatic heterocycles. The van der Waals surface area contributed by atoms with Crippen LogP contribution in [0.3, 0.4) is 0 Å². The summed E-state index contributed by atoms with van der Waals surface area (Å²) in [7, 11) is 0. The number of hydrogen-bond acceptors (Lipinski definition) is 0. The Bertz CT molecular complexity index is 2530. The van der Waals surface area contributed by atoms with E-state index in [-0.39, 0.29) is 0 Å². The SMILES string of the molecule is C1=CC(c2ccccc2-c2c3cccc(-c4ccccc4)c3c(-c3cccc4ccccc34)c3cccc(-c4ccccc4)c23)=CCC1. The van der Waals surface area contributed by atoms with Crippen molar-refractivity contribution in [3.05, 3.63) is 188 Å². The molecule has 0 saturated carbocycles. The van der Waals surface area contributed by atoms with Gasteiger partial charge in [0.25, 0.3) is 0 Å². The van der Waals surface area contributed by atoms with Gasteiger partial charge in [0.1, 0.15) is 0 Å². The second-order valence-electron chi connectivity index (χ2n) is 12.6. The molecular weight excluding hydrogens is 577 g/mol. The lowest BCUT2D eigenvalue weighted by Crippen LogP contribution is -1.98. The molecule has 1 aliphatic carbocycles. The summed E-state index contributed by atoms with van der Waals surface area (Å²) in [5.41, 5.74) is 12.6. The monoisotopic (exact) mass is 610 g/mol.